The maximum absolute atomic E-state index is 12.6. The molecule has 2 atom stereocenters. The van der Waals surface area contributed by atoms with Gasteiger partial charge in [-0.25, -0.2) is 24.1 Å². The van der Waals surface area contributed by atoms with Crippen molar-refractivity contribution in [3.63, 3.8) is 0 Å². The highest BCUT2D eigenvalue weighted by Crippen LogP contribution is 2.12. The second kappa shape index (κ2) is 25.0. The molecule has 4 amide bonds. The molecule has 14 nitrogen and oxygen atoms in total. The molecular formula is C26H52N6O8. The van der Waals surface area contributed by atoms with Gasteiger partial charge in [0, 0.05) is 39.3 Å². The molecule has 40 heavy (non-hydrogen) atoms. The van der Waals surface area contributed by atoms with Gasteiger partial charge in [0.2, 0.25) is 0 Å². The Hall–Kier alpha value is -3.00. The zero-order valence-electron chi connectivity index (χ0n) is 24.8. The van der Waals surface area contributed by atoms with Crippen molar-refractivity contribution in [1.82, 2.24) is 26.2 Å². The Morgan fingerprint density at radius 1 is 0.600 bits per heavy atom. The first kappa shape index (κ1) is 37.0. The minimum atomic E-state index is -1.21. The van der Waals surface area contributed by atoms with Crippen LogP contribution in [-0.4, -0.2) is 94.2 Å². The van der Waals surface area contributed by atoms with Crippen molar-refractivity contribution in [3.8, 4) is 0 Å². The summed E-state index contributed by atoms with van der Waals surface area (Å²) >= 11 is 0. The lowest BCUT2D eigenvalue weighted by Gasteiger charge is -2.35. The topological polar surface area (TPSA) is 183 Å². The zero-order chi connectivity index (χ0) is 30.0. The zero-order valence-corrected chi connectivity index (χ0v) is 24.8. The van der Waals surface area contributed by atoms with E-state index in [-0.39, 0.29) is 26.3 Å². The van der Waals surface area contributed by atoms with E-state index in [0.29, 0.717) is 26.2 Å². The summed E-state index contributed by atoms with van der Waals surface area (Å²) in [4.78, 5) is 51.0. The number of rotatable bonds is 22. The molecule has 0 aromatic carbocycles. The number of nitrogens with zero attached hydrogens (tertiary/aromatic N) is 1. The number of ether oxygens (including phenoxy) is 4. The van der Waals surface area contributed by atoms with E-state index in [1.807, 2.05) is 27.7 Å². The van der Waals surface area contributed by atoms with E-state index in [9.17, 15) is 19.2 Å². The molecule has 0 saturated carbocycles. The van der Waals surface area contributed by atoms with Crippen LogP contribution in [0.3, 0.4) is 0 Å². The fourth-order valence-electron chi connectivity index (χ4n) is 3.21. The van der Waals surface area contributed by atoms with Gasteiger partial charge in [-0.3, -0.25) is 0 Å². The monoisotopic (exact) mass is 576 g/mol. The molecule has 14 heteroatoms. The van der Waals surface area contributed by atoms with E-state index >= 15 is 0 Å². The molecule has 6 N–H and O–H groups in total. The second-order valence-electron chi connectivity index (χ2n) is 9.06. The van der Waals surface area contributed by atoms with Crippen LogP contribution in [0.2, 0.25) is 0 Å². The molecule has 0 fully saturated rings. The maximum Gasteiger partial charge on any atom is 0.408 e. The highest BCUT2D eigenvalue weighted by molar-refractivity contribution is 5.69. The number of alkyl carbamates (subject to hydrolysis) is 4. The SMILES string of the molecule is CCCCNC(=O)OCC(OC(=O)NCCCC)N(CCN)C(COC(=O)NCCCC)OC(=O)NCCCC. The predicted molar refractivity (Wildman–Crippen MR) is 151 cm³/mol. The van der Waals surface area contributed by atoms with Crippen LogP contribution in [0, 0.1) is 0 Å². The van der Waals surface area contributed by atoms with E-state index in [4.69, 9.17) is 24.7 Å². The van der Waals surface area contributed by atoms with Gasteiger partial charge in [0.1, 0.15) is 13.2 Å². The summed E-state index contributed by atoms with van der Waals surface area (Å²) in [5, 5.41) is 10.5. The van der Waals surface area contributed by atoms with Crippen LogP contribution >= 0.6 is 0 Å². The number of carbonyl (C=O) groups excluding carboxylic acids is 4. The lowest BCUT2D eigenvalue weighted by Crippen LogP contribution is -2.55. The van der Waals surface area contributed by atoms with Crippen LogP contribution in [0.1, 0.15) is 79.1 Å². The first-order valence-corrected chi connectivity index (χ1v) is 14.5. The minimum Gasteiger partial charge on any atom is -0.444 e. The fraction of sp³-hybridized carbons (Fsp3) is 0.846. The van der Waals surface area contributed by atoms with Gasteiger partial charge in [-0.15, -0.1) is 0 Å². The Morgan fingerprint density at radius 2 is 0.925 bits per heavy atom. The van der Waals surface area contributed by atoms with Gasteiger partial charge in [0.25, 0.3) is 0 Å². The summed E-state index contributed by atoms with van der Waals surface area (Å²) in [5.74, 6) is 0. The van der Waals surface area contributed by atoms with Crippen LogP contribution in [0.5, 0.6) is 0 Å². The summed E-state index contributed by atoms with van der Waals surface area (Å²) in [5.41, 5.74) is 5.84. The molecule has 234 valence electrons. The standard InChI is InChI=1S/C26H52N6O8/c1-5-9-14-28-23(33)37-19-21(39-25(35)30-16-11-7-3)32(18-13-27)22(40-26(36)31-17-12-8-4)20-38-24(34)29-15-10-6-2/h21-22H,5-20,27H2,1-4H3,(H,28,33)(H,29,34)(H,30,35)(H,31,36). The molecule has 0 spiro atoms. The normalized spacial score (nSPS) is 12.2. The number of unbranched alkanes of at least 4 members (excludes halogenated alkanes) is 4. The first-order chi connectivity index (χ1) is 19.3. The maximum atomic E-state index is 12.6. The molecule has 0 heterocycles. The van der Waals surface area contributed by atoms with Gasteiger partial charge in [-0.2, -0.15) is 0 Å². The Bertz CT molecular complexity index is 646. The third-order valence-electron chi connectivity index (χ3n) is 5.53. The predicted octanol–water partition coefficient (Wildman–Crippen LogP) is 3.00. The molecule has 0 rings (SSSR count). The Labute approximate surface area is 238 Å². The summed E-state index contributed by atoms with van der Waals surface area (Å²) in [7, 11) is 0. The molecule has 0 bridgehead atoms. The van der Waals surface area contributed by atoms with E-state index in [2.05, 4.69) is 21.3 Å². The van der Waals surface area contributed by atoms with Crippen molar-refractivity contribution in [1.29, 1.82) is 0 Å². The molecule has 0 aliphatic heterocycles. The summed E-state index contributed by atoms with van der Waals surface area (Å²) in [6, 6.07) is 0. The van der Waals surface area contributed by atoms with Crippen LogP contribution in [0.25, 0.3) is 0 Å². The molecule has 0 aliphatic rings. The molecule has 0 aromatic heterocycles. The average molecular weight is 577 g/mol. The highest BCUT2D eigenvalue weighted by atomic mass is 16.6. The Balaban J connectivity index is 5.79. The number of nitrogens with two attached hydrogens (primary N) is 1. The lowest BCUT2D eigenvalue weighted by atomic mass is 10.3. The van der Waals surface area contributed by atoms with Gasteiger partial charge in [-0.05, 0) is 25.7 Å². The number of hydrogen-bond donors (Lipinski definition) is 5. The smallest absolute Gasteiger partial charge is 0.408 e. The van der Waals surface area contributed by atoms with Crippen molar-refractivity contribution < 1.29 is 38.1 Å². The third-order valence-corrected chi connectivity index (χ3v) is 5.53. The molecule has 0 radical (unpaired) electrons. The van der Waals surface area contributed by atoms with E-state index in [1.165, 1.54) is 4.90 Å². The molecule has 2 unspecified atom stereocenters. The van der Waals surface area contributed by atoms with Crippen molar-refractivity contribution in [2.45, 2.75) is 91.5 Å². The van der Waals surface area contributed by atoms with Crippen LogP contribution in [0.4, 0.5) is 19.2 Å². The highest BCUT2D eigenvalue weighted by Gasteiger charge is 2.33. The van der Waals surface area contributed by atoms with Crippen molar-refractivity contribution >= 4 is 24.4 Å². The van der Waals surface area contributed by atoms with Gasteiger partial charge in [0.05, 0.1) is 0 Å². The molecule has 0 aliphatic carbocycles. The fourth-order valence-corrected chi connectivity index (χ4v) is 3.21. The van der Waals surface area contributed by atoms with E-state index in [1.54, 1.807) is 0 Å². The second-order valence-corrected chi connectivity index (χ2v) is 9.06. The number of nitrogens with one attached hydrogen (secondary N) is 4. The number of amides is 4. The van der Waals surface area contributed by atoms with Gasteiger partial charge < -0.3 is 45.9 Å². The summed E-state index contributed by atoms with van der Waals surface area (Å²) in [6.45, 7) is 8.92. The number of hydrogen-bond acceptors (Lipinski definition) is 10. The van der Waals surface area contributed by atoms with Crippen LogP contribution in [-0.2, 0) is 18.9 Å². The average Bonchev–Trinajstić information content (AvgIpc) is 2.93. The number of carbonyl (C=O) groups is 4. The van der Waals surface area contributed by atoms with Gasteiger partial charge in [-0.1, -0.05) is 53.4 Å². The van der Waals surface area contributed by atoms with Crippen molar-refractivity contribution in [3.05, 3.63) is 0 Å². The summed E-state index contributed by atoms with van der Waals surface area (Å²) < 4.78 is 21.8. The Morgan fingerprint density at radius 3 is 1.23 bits per heavy atom. The largest absolute Gasteiger partial charge is 0.444 e. The molecular weight excluding hydrogens is 524 g/mol. The van der Waals surface area contributed by atoms with Crippen molar-refractivity contribution in [2.24, 2.45) is 5.73 Å². The minimum absolute atomic E-state index is 0.0570. The lowest BCUT2D eigenvalue weighted by molar-refractivity contribution is -0.136. The third kappa shape index (κ3) is 19.1. The Kier molecular flexibility index (Phi) is 23.1. The van der Waals surface area contributed by atoms with Crippen molar-refractivity contribution in [2.75, 3.05) is 52.5 Å². The van der Waals surface area contributed by atoms with Gasteiger partial charge >= 0.3 is 24.4 Å². The van der Waals surface area contributed by atoms with Gasteiger partial charge in [0.15, 0.2) is 12.5 Å². The first-order valence-electron chi connectivity index (χ1n) is 14.5. The quantitative estimate of drug-likeness (QED) is 0.0729. The summed E-state index contributed by atoms with van der Waals surface area (Å²) in [6.07, 6.45) is 1.24. The molecule has 0 saturated heterocycles. The van der Waals surface area contributed by atoms with E-state index < -0.39 is 36.8 Å². The molecule has 0 aromatic rings. The van der Waals surface area contributed by atoms with Crippen LogP contribution < -0.4 is 27.0 Å². The van der Waals surface area contributed by atoms with Crippen LogP contribution in [0.15, 0.2) is 0 Å². The van der Waals surface area contributed by atoms with E-state index in [0.717, 1.165) is 51.4 Å².